The lowest BCUT2D eigenvalue weighted by Gasteiger charge is -2.29. The molecule has 5 atom stereocenters. The first-order valence-corrected chi connectivity index (χ1v) is 19.3. The van der Waals surface area contributed by atoms with Gasteiger partial charge in [0.25, 0.3) is 5.91 Å². The number of nitrogens with one attached hydrogen (secondary N) is 4. The summed E-state index contributed by atoms with van der Waals surface area (Å²) >= 11 is 0. The van der Waals surface area contributed by atoms with Crippen LogP contribution >= 0.6 is 0 Å². The number of hydrogen-bond acceptors (Lipinski definition) is 10. The van der Waals surface area contributed by atoms with E-state index < -0.39 is 87.3 Å². The first kappa shape index (κ1) is 38.3. The predicted octanol–water partition coefficient (Wildman–Crippen LogP) is 1.54. The van der Waals surface area contributed by atoms with E-state index in [1.807, 2.05) is 30.4 Å². The molecule has 0 radical (unpaired) electrons. The van der Waals surface area contributed by atoms with Crippen LogP contribution in [0.5, 0.6) is 0 Å². The zero-order valence-corrected chi connectivity index (χ0v) is 30.5. The summed E-state index contributed by atoms with van der Waals surface area (Å²) < 4.78 is 38.6. The maximum absolute atomic E-state index is 14.3. The lowest BCUT2D eigenvalue weighted by molar-refractivity contribution is -0.141. The Balaban J connectivity index is 1.28. The Bertz CT molecular complexity index is 1930. The SMILES string of the molecule is C=CC(=O)NC[C@@H]1NC(=O)OCC(=C)CC/C=C/c2cccc3c2CN(C3)C(=O)O[C@@H]2C[C@@H](C(=O)N[C@]3(C(=O)NS(=O)(=O)C4CC4)C[C@H]3C=C)N(C2)C1=O. The Hall–Kier alpha value is -5.45. The summed E-state index contributed by atoms with van der Waals surface area (Å²) in [6.07, 6.45) is 5.49. The van der Waals surface area contributed by atoms with Crippen LogP contribution in [0.15, 0.2) is 61.7 Å². The van der Waals surface area contributed by atoms with Crippen molar-refractivity contribution in [1.29, 1.82) is 0 Å². The predicted molar refractivity (Wildman–Crippen MR) is 194 cm³/mol. The molecule has 0 aromatic heterocycles. The molecule has 2 aliphatic carbocycles. The summed E-state index contributed by atoms with van der Waals surface area (Å²) in [5.41, 5.74) is 1.80. The molecule has 1 aromatic carbocycles. The third-order valence-corrected chi connectivity index (χ3v) is 12.1. The molecule has 3 fully saturated rings. The standard InChI is InChI=1S/C37H44N6O10S/c1-4-25-16-37(25,34(47)41-54(50,51)27-13-14-27)40-32(45)30-15-26-19-43(30)33(46)29(17-38-31(44)5-2)39-35(48)52-21-22(3)9-6-7-10-23-11-8-12-24-18-42(20-28(23)24)36(49)53-26/h4-5,7-8,10-12,25-27,29-30H,1-3,6,9,13-21H2,(H,38,44)(H,39,48)(H,40,45)(H,41,47)/b10-7+/t25-,26-,29+,30+,37-/m1/s1. The summed E-state index contributed by atoms with van der Waals surface area (Å²) in [7, 11) is -3.96. The van der Waals surface area contributed by atoms with Gasteiger partial charge in [0.15, 0.2) is 0 Å². The molecular formula is C37H44N6O10S. The summed E-state index contributed by atoms with van der Waals surface area (Å²) in [4.78, 5) is 83.1. The van der Waals surface area contributed by atoms with Crippen molar-refractivity contribution >= 4 is 51.9 Å². The molecule has 6 amide bonds. The van der Waals surface area contributed by atoms with Crippen LogP contribution in [0.3, 0.4) is 0 Å². The van der Waals surface area contributed by atoms with Crippen LogP contribution in [0.4, 0.5) is 9.59 Å². The molecule has 54 heavy (non-hydrogen) atoms. The molecule has 1 saturated heterocycles. The van der Waals surface area contributed by atoms with Crippen LogP contribution in [-0.2, 0) is 51.8 Å². The third-order valence-electron chi connectivity index (χ3n) is 10.3. The van der Waals surface area contributed by atoms with Crippen molar-refractivity contribution < 1.29 is 46.7 Å². The highest BCUT2D eigenvalue weighted by Gasteiger charge is 2.62. The van der Waals surface area contributed by atoms with Crippen LogP contribution in [0.2, 0.25) is 0 Å². The van der Waals surface area contributed by atoms with E-state index in [0.717, 1.165) is 27.7 Å². The van der Waals surface area contributed by atoms with Gasteiger partial charge in [-0.3, -0.25) is 28.8 Å². The average Bonchev–Trinajstić information content (AvgIpc) is 4.04. The third kappa shape index (κ3) is 8.35. The van der Waals surface area contributed by atoms with Gasteiger partial charge in [0, 0.05) is 25.4 Å². The number of carbonyl (C=O) groups excluding carboxylic acids is 6. The molecule has 0 spiro atoms. The maximum Gasteiger partial charge on any atom is 0.410 e. The molecular weight excluding hydrogens is 721 g/mol. The van der Waals surface area contributed by atoms with Crippen LogP contribution in [0.25, 0.3) is 6.08 Å². The molecule has 17 heteroatoms. The van der Waals surface area contributed by atoms with Crippen molar-refractivity contribution in [2.45, 2.75) is 80.6 Å². The molecule has 5 aliphatic rings. The van der Waals surface area contributed by atoms with Crippen molar-refractivity contribution in [3.05, 3.63) is 78.4 Å². The van der Waals surface area contributed by atoms with E-state index in [2.05, 4.69) is 40.4 Å². The Morgan fingerprint density at radius 3 is 2.59 bits per heavy atom. The van der Waals surface area contributed by atoms with Gasteiger partial charge in [0.05, 0.1) is 18.3 Å². The number of alkyl carbamates (subject to hydrolysis) is 1. The van der Waals surface area contributed by atoms with Gasteiger partial charge in [-0.25, -0.2) is 18.0 Å². The number of allylic oxidation sites excluding steroid dienone is 1. The number of cyclic esters (lactones) is 1. The largest absolute Gasteiger partial charge is 0.445 e. The quantitative estimate of drug-likeness (QED) is 0.211. The lowest BCUT2D eigenvalue weighted by atomic mass is 10.0. The van der Waals surface area contributed by atoms with E-state index in [1.54, 1.807) is 0 Å². The second-order valence-electron chi connectivity index (χ2n) is 14.2. The lowest BCUT2D eigenvalue weighted by Crippen LogP contribution is -2.59. The van der Waals surface area contributed by atoms with E-state index in [9.17, 15) is 37.2 Å². The molecule has 2 saturated carbocycles. The van der Waals surface area contributed by atoms with Gasteiger partial charge >= 0.3 is 12.2 Å². The summed E-state index contributed by atoms with van der Waals surface area (Å²) in [6, 6.07) is 2.97. The maximum atomic E-state index is 14.3. The van der Waals surface area contributed by atoms with Crippen molar-refractivity contribution in [1.82, 2.24) is 30.5 Å². The van der Waals surface area contributed by atoms with E-state index >= 15 is 0 Å². The number of ether oxygens (including phenoxy) is 2. The Kier molecular flexibility index (Phi) is 11.0. The molecule has 3 heterocycles. The fourth-order valence-corrected chi connectivity index (χ4v) is 8.30. The van der Waals surface area contributed by atoms with Crippen molar-refractivity contribution in [2.24, 2.45) is 5.92 Å². The second kappa shape index (κ2) is 15.5. The molecule has 0 unspecified atom stereocenters. The van der Waals surface area contributed by atoms with Gasteiger partial charge in [-0.15, -0.1) is 6.58 Å². The molecule has 16 nitrogen and oxygen atoms in total. The topological polar surface area (TPSA) is 210 Å². The first-order chi connectivity index (χ1) is 25.7. The van der Waals surface area contributed by atoms with Crippen LogP contribution in [0.1, 0.15) is 55.2 Å². The van der Waals surface area contributed by atoms with Gasteiger partial charge in [-0.2, -0.15) is 0 Å². The number of fused-ring (bicyclic) bond motifs is 3. The minimum atomic E-state index is -3.96. The van der Waals surface area contributed by atoms with E-state index in [-0.39, 0.29) is 39.1 Å². The molecule has 4 N–H and O–H groups in total. The van der Waals surface area contributed by atoms with Gasteiger partial charge in [-0.1, -0.05) is 49.6 Å². The Morgan fingerprint density at radius 2 is 1.89 bits per heavy atom. The minimum absolute atomic E-state index is 0.0644. The monoisotopic (exact) mass is 764 g/mol. The zero-order chi connectivity index (χ0) is 38.8. The number of rotatable bonds is 9. The van der Waals surface area contributed by atoms with Crippen LogP contribution in [0, 0.1) is 5.92 Å². The molecule has 1 aromatic rings. The average molecular weight is 765 g/mol. The highest BCUT2D eigenvalue weighted by Crippen LogP contribution is 2.45. The number of benzene rings is 1. The van der Waals surface area contributed by atoms with Crippen molar-refractivity contribution in [3.8, 4) is 0 Å². The number of amides is 6. The van der Waals surface area contributed by atoms with Crippen LogP contribution in [-0.4, -0.2) is 103 Å². The first-order valence-electron chi connectivity index (χ1n) is 17.8. The zero-order valence-electron chi connectivity index (χ0n) is 29.7. The highest BCUT2D eigenvalue weighted by molar-refractivity contribution is 7.91. The molecule has 288 valence electrons. The van der Waals surface area contributed by atoms with Gasteiger partial charge in [0.1, 0.15) is 30.3 Å². The summed E-state index contributed by atoms with van der Waals surface area (Å²) in [5.74, 6) is -3.80. The number of nitrogens with zero attached hydrogens (tertiary/aromatic N) is 2. The number of carbonyl (C=O) groups is 6. The fourth-order valence-electron chi connectivity index (χ4n) is 6.94. The van der Waals surface area contributed by atoms with Crippen LogP contribution < -0.4 is 20.7 Å². The van der Waals surface area contributed by atoms with E-state index in [0.29, 0.717) is 31.3 Å². The fraction of sp³-hybridized carbons (Fsp3) is 0.459. The highest BCUT2D eigenvalue weighted by atomic mass is 32.2. The Morgan fingerprint density at radius 1 is 1.11 bits per heavy atom. The summed E-state index contributed by atoms with van der Waals surface area (Å²) in [6.45, 7) is 10.8. The van der Waals surface area contributed by atoms with E-state index in [4.69, 9.17) is 9.47 Å². The molecule has 6 rings (SSSR count). The number of sulfonamides is 1. The van der Waals surface area contributed by atoms with Gasteiger partial charge in [-0.05, 0) is 60.4 Å². The number of hydrogen-bond donors (Lipinski definition) is 4. The molecule has 3 aliphatic heterocycles. The van der Waals surface area contributed by atoms with Crippen molar-refractivity contribution in [2.75, 3.05) is 19.7 Å². The normalized spacial score (nSPS) is 27.8. The second-order valence-corrected chi connectivity index (χ2v) is 16.1. The van der Waals surface area contributed by atoms with Crippen molar-refractivity contribution in [3.63, 3.8) is 0 Å². The van der Waals surface area contributed by atoms with Gasteiger partial charge in [0.2, 0.25) is 27.7 Å². The molecule has 4 bridgehead atoms. The summed E-state index contributed by atoms with van der Waals surface area (Å²) in [5, 5.41) is 6.91. The van der Waals surface area contributed by atoms with E-state index in [1.165, 1.54) is 11.0 Å². The smallest absolute Gasteiger partial charge is 0.410 e. The minimum Gasteiger partial charge on any atom is -0.445 e. The van der Waals surface area contributed by atoms with Gasteiger partial charge < -0.3 is 30.3 Å². The Labute approximate surface area is 313 Å².